The summed E-state index contributed by atoms with van der Waals surface area (Å²) in [6.07, 6.45) is 4.01. The lowest BCUT2D eigenvalue weighted by Gasteiger charge is -2.35. The van der Waals surface area contributed by atoms with Crippen molar-refractivity contribution in [3.63, 3.8) is 0 Å². The van der Waals surface area contributed by atoms with Crippen molar-refractivity contribution >= 4 is 11.3 Å². The van der Waals surface area contributed by atoms with Gasteiger partial charge in [-0.3, -0.25) is 0 Å². The molecule has 2 nitrogen and oxygen atoms in total. The molecule has 0 spiro atoms. The third-order valence-electron chi connectivity index (χ3n) is 3.46. The summed E-state index contributed by atoms with van der Waals surface area (Å²) in [7, 11) is 4.39. The van der Waals surface area contributed by atoms with E-state index in [1.165, 1.54) is 36.2 Å². The van der Waals surface area contributed by atoms with Crippen LogP contribution in [0.5, 0.6) is 0 Å². The first-order valence-corrected chi connectivity index (χ1v) is 7.02. The number of nitrogens with zero attached hydrogens (tertiary/aromatic N) is 1. The van der Waals surface area contributed by atoms with Gasteiger partial charge in [-0.05, 0) is 57.4 Å². The van der Waals surface area contributed by atoms with Crippen LogP contribution in [-0.2, 0) is 0 Å². The predicted molar refractivity (Wildman–Crippen MR) is 71.1 cm³/mol. The number of hydrogen-bond acceptors (Lipinski definition) is 3. The lowest BCUT2D eigenvalue weighted by Crippen LogP contribution is -2.43. The topological polar surface area (TPSA) is 15.3 Å². The van der Waals surface area contributed by atoms with E-state index in [1.807, 2.05) is 11.3 Å². The Hall–Kier alpha value is -0.380. The highest BCUT2D eigenvalue weighted by molar-refractivity contribution is 7.10. The van der Waals surface area contributed by atoms with Crippen LogP contribution in [0.4, 0.5) is 0 Å². The highest BCUT2D eigenvalue weighted by Crippen LogP contribution is 2.32. The van der Waals surface area contributed by atoms with Crippen LogP contribution in [0.1, 0.15) is 35.7 Å². The Bertz CT molecular complexity index is 326. The second-order valence-electron chi connectivity index (χ2n) is 4.93. The largest absolute Gasteiger partial charge is 0.312 e. The smallest absolute Gasteiger partial charge is 0.0593 e. The summed E-state index contributed by atoms with van der Waals surface area (Å²) in [6, 6.07) is 3.40. The predicted octanol–water partition coefficient (Wildman–Crippen LogP) is 2.80. The summed E-state index contributed by atoms with van der Waals surface area (Å²) in [5.74, 6) is 0. The first-order chi connectivity index (χ1) is 7.70. The van der Waals surface area contributed by atoms with Gasteiger partial charge in [-0.1, -0.05) is 6.42 Å². The number of aryl methyl sites for hydroxylation is 1. The zero-order chi connectivity index (χ0) is 11.5. The molecule has 90 valence electrons. The first kappa shape index (κ1) is 12.1. The van der Waals surface area contributed by atoms with Gasteiger partial charge in [-0.2, -0.15) is 0 Å². The highest BCUT2D eigenvalue weighted by atomic mass is 32.1. The minimum absolute atomic E-state index is 0.542. The molecule has 0 radical (unpaired) electrons. The average molecular weight is 238 g/mol. The molecule has 2 atom stereocenters. The van der Waals surface area contributed by atoms with E-state index in [9.17, 15) is 0 Å². The van der Waals surface area contributed by atoms with Gasteiger partial charge in [-0.25, -0.2) is 0 Å². The third kappa shape index (κ3) is 2.47. The van der Waals surface area contributed by atoms with Crippen molar-refractivity contribution in [3.05, 3.63) is 21.9 Å². The Kier molecular flexibility index (Phi) is 4.00. The maximum atomic E-state index is 3.68. The van der Waals surface area contributed by atoms with Crippen molar-refractivity contribution in [1.82, 2.24) is 10.2 Å². The number of nitrogens with one attached hydrogen (secondary N) is 1. The Morgan fingerprint density at radius 1 is 1.44 bits per heavy atom. The van der Waals surface area contributed by atoms with Gasteiger partial charge in [0.2, 0.25) is 0 Å². The molecular formula is C13H22N2S. The molecule has 1 aliphatic rings. The van der Waals surface area contributed by atoms with E-state index in [0.717, 1.165) is 0 Å². The molecule has 0 bridgehead atoms. The molecule has 16 heavy (non-hydrogen) atoms. The van der Waals surface area contributed by atoms with Crippen LogP contribution in [0, 0.1) is 6.92 Å². The Morgan fingerprint density at radius 2 is 2.25 bits per heavy atom. The van der Waals surface area contributed by atoms with Gasteiger partial charge >= 0.3 is 0 Å². The van der Waals surface area contributed by atoms with E-state index in [4.69, 9.17) is 0 Å². The number of piperidine rings is 1. The van der Waals surface area contributed by atoms with Crippen molar-refractivity contribution in [1.29, 1.82) is 0 Å². The summed E-state index contributed by atoms with van der Waals surface area (Å²) in [6.45, 7) is 3.41. The minimum Gasteiger partial charge on any atom is -0.312 e. The molecule has 1 aromatic rings. The SMILES string of the molecule is Cc1ccsc1C(C1CCCCN1)N(C)C. The summed E-state index contributed by atoms with van der Waals surface area (Å²) in [5.41, 5.74) is 1.44. The van der Waals surface area contributed by atoms with E-state index in [1.54, 1.807) is 0 Å². The van der Waals surface area contributed by atoms with Gasteiger partial charge in [0.25, 0.3) is 0 Å². The third-order valence-corrected chi connectivity index (χ3v) is 4.55. The number of thiophene rings is 1. The molecule has 0 saturated carbocycles. The van der Waals surface area contributed by atoms with E-state index in [2.05, 4.69) is 42.7 Å². The maximum Gasteiger partial charge on any atom is 0.0593 e. The average Bonchev–Trinajstić information content (AvgIpc) is 2.66. The molecule has 2 rings (SSSR count). The summed E-state index contributed by atoms with van der Waals surface area (Å²) in [5, 5.41) is 5.89. The summed E-state index contributed by atoms with van der Waals surface area (Å²) < 4.78 is 0. The van der Waals surface area contributed by atoms with Crippen LogP contribution in [0.25, 0.3) is 0 Å². The molecule has 0 amide bonds. The molecule has 1 aliphatic heterocycles. The lowest BCUT2D eigenvalue weighted by molar-refractivity contribution is 0.208. The van der Waals surface area contributed by atoms with Crippen LogP contribution in [0.3, 0.4) is 0 Å². The van der Waals surface area contributed by atoms with Gasteiger partial charge < -0.3 is 10.2 Å². The quantitative estimate of drug-likeness (QED) is 0.871. The van der Waals surface area contributed by atoms with Crippen LogP contribution in [0.15, 0.2) is 11.4 Å². The highest BCUT2D eigenvalue weighted by Gasteiger charge is 2.28. The molecule has 1 N–H and O–H groups in total. The number of rotatable bonds is 3. The molecule has 1 aromatic heterocycles. The summed E-state index contributed by atoms with van der Waals surface area (Å²) in [4.78, 5) is 3.89. The van der Waals surface area contributed by atoms with Crippen molar-refractivity contribution in [2.75, 3.05) is 20.6 Å². The van der Waals surface area contributed by atoms with Crippen molar-refractivity contribution < 1.29 is 0 Å². The van der Waals surface area contributed by atoms with Gasteiger partial charge in [0.05, 0.1) is 6.04 Å². The fourth-order valence-electron chi connectivity index (χ4n) is 2.61. The van der Waals surface area contributed by atoms with E-state index in [0.29, 0.717) is 12.1 Å². The second-order valence-corrected chi connectivity index (χ2v) is 5.88. The monoisotopic (exact) mass is 238 g/mol. The Morgan fingerprint density at radius 3 is 2.75 bits per heavy atom. The molecule has 1 fully saturated rings. The Balaban J connectivity index is 2.19. The van der Waals surface area contributed by atoms with Crippen LogP contribution < -0.4 is 5.32 Å². The molecule has 3 heteroatoms. The number of hydrogen-bond donors (Lipinski definition) is 1. The molecule has 1 saturated heterocycles. The lowest BCUT2D eigenvalue weighted by atomic mass is 9.95. The summed E-state index contributed by atoms with van der Waals surface area (Å²) >= 11 is 1.90. The molecular weight excluding hydrogens is 216 g/mol. The standard InChI is InChI=1S/C13H22N2S/c1-10-7-9-16-13(10)12(15(2)3)11-6-4-5-8-14-11/h7,9,11-12,14H,4-6,8H2,1-3H3. The van der Waals surface area contributed by atoms with Gasteiger partial charge in [0.1, 0.15) is 0 Å². The zero-order valence-corrected chi connectivity index (χ0v) is 11.3. The van der Waals surface area contributed by atoms with Crippen LogP contribution >= 0.6 is 11.3 Å². The first-order valence-electron chi connectivity index (χ1n) is 6.14. The fourth-order valence-corrected chi connectivity index (χ4v) is 3.80. The molecule has 0 aromatic carbocycles. The van der Waals surface area contributed by atoms with E-state index >= 15 is 0 Å². The van der Waals surface area contributed by atoms with Crippen molar-refractivity contribution in [2.24, 2.45) is 0 Å². The van der Waals surface area contributed by atoms with Crippen molar-refractivity contribution in [2.45, 2.75) is 38.3 Å². The minimum atomic E-state index is 0.542. The molecule has 2 unspecified atom stereocenters. The van der Waals surface area contributed by atoms with Gasteiger partial charge in [0.15, 0.2) is 0 Å². The fraction of sp³-hybridized carbons (Fsp3) is 0.692. The maximum absolute atomic E-state index is 3.68. The Labute approximate surface area is 103 Å². The zero-order valence-electron chi connectivity index (χ0n) is 10.5. The van der Waals surface area contributed by atoms with Crippen LogP contribution in [0.2, 0.25) is 0 Å². The van der Waals surface area contributed by atoms with Gasteiger partial charge in [-0.15, -0.1) is 11.3 Å². The normalized spacial score (nSPS) is 23.6. The second kappa shape index (κ2) is 5.30. The van der Waals surface area contributed by atoms with Gasteiger partial charge in [0, 0.05) is 10.9 Å². The molecule has 2 heterocycles. The van der Waals surface area contributed by atoms with Crippen molar-refractivity contribution in [3.8, 4) is 0 Å². The number of likely N-dealkylation sites (N-methyl/N-ethyl adjacent to an activating group) is 1. The van der Waals surface area contributed by atoms with E-state index in [-0.39, 0.29) is 0 Å². The van der Waals surface area contributed by atoms with Crippen LogP contribution in [-0.4, -0.2) is 31.6 Å². The van der Waals surface area contributed by atoms with E-state index < -0.39 is 0 Å². The molecule has 0 aliphatic carbocycles.